The second-order valence-corrected chi connectivity index (χ2v) is 10.4. The fourth-order valence-electron chi connectivity index (χ4n) is 3.86. The first kappa shape index (κ1) is 31.3. The van der Waals surface area contributed by atoms with E-state index in [1.807, 2.05) is 12.1 Å². The molecule has 0 spiro atoms. The third-order valence-electron chi connectivity index (χ3n) is 5.83. The van der Waals surface area contributed by atoms with Crippen LogP contribution in [-0.2, 0) is 20.7 Å². The van der Waals surface area contributed by atoms with Gasteiger partial charge < -0.3 is 25.8 Å². The van der Waals surface area contributed by atoms with Gasteiger partial charge in [-0.05, 0) is 75.3 Å². The molecule has 1 atom stereocenters. The van der Waals surface area contributed by atoms with Crippen LogP contribution in [0.25, 0.3) is 11.1 Å². The third-order valence-corrected chi connectivity index (χ3v) is 5.83. The van der Waals surface area contributed by atoms with Gasteiger partial charge in [0.1, 0.15) is 11.6 Å². The summed E-state index contributed by atoms with van der Waals surface area (Å²) in [6.45, 7) is 7.87. The quantitative estimate of drug-likeness (QED) is 0.257. The lowest BCUT2D eigenvalue weighted by molar-refractivity contribution is -0.142. The first-order valence-electron chi connectivity index (χ1n) is 13.4. The normalized spacial score (nSPS) is 11.8. The molecule has 0 saturated heterocycles. The molecule has 0 aliphatic carbocycles. The number of carboxylic acids is 1. The Balaban J connectivity index is 1.71. The predicted molar refractivity (Wildman–Crippen MR) is 150 cm³/mol. The van der Waals surface area contributed by atoms with Gasteiger partial charge in [0.2, 0.25) is 5.91 Å². The predicted octanol–water partition coefficient (Wildman–Crippen LogP) is 4.69. The highest BCUT2D eigenvalue weighted by atomic mass is 16.6. The van der Waals surface area contributed by atoms with Crippen LogP contribution in [0.1, 0.15) is 75.7 Å². The highest BCUT2D eigenvalue weighted by molar-refractivity contribution is 5.95. The molecule has 0 radical (unpaired) electrons. The van der Waals surface area contributed by atoms with Crippen LogP contribution in [0.5, 0.6) is 0 Å². The Morgan fingerprint density at radius 2 is 1.49 bits per heavy atom. The van der Waals surface area contributed by atoms with Crippen molar-refractivity contribution in [3.05, 3.63) is 59.7 Å². The summed E-state index contributed by atoms with van der Waals surface area (Å²) in [6.07, 6.45) is 2.82. The second-order valence-electron chi connectivity index (χ2n) is 10.4. The monoisotopic (exact) mass is 539 g/mol. The molecule has 0 heterocycles. The summed E-state index contributed by atoms with van der Waals surface area (Å²) in [5, 5.41) is 17.2. The fourth-order valence-corrected chi connectivity index (χ4v) is 3.86. The number of benzene rings is 2. The molecule has 212 valence electrons. The van der Waals surface area contributed by atoms with Gasteiger partial charge in [0, 0.05) is 25.1 Å². The maximum absolute atomic E-state index is 12.5. The number of carbonyl (C=O) groups excluding carboxylic acids is 3. The number of unbranched alkanes of at least 4 members (excludes halogenated alkanes) is 1. The average molecular weight is 540 g/mol. The number of aliphatic carboxylic acids is 1. The molecule has 0 fully saturated rings. The number of ether oxygens (including phenoxy) is 1. The summed E-state index contributed by atoms with van der Waals surface area (Å²) in [6, 6.07) is 14.6. The molecule has 0 saturated carbocycles. The van der Waals surface area contributed by atoms with Crippen LogP contribution < -0.4 is 16.0 Å². The van der Waals surface area contributed by atoms with E-state index in [2.05, 4.69) is 47.1 Å². The van der Waals surface area contributed by atoms with E-state index in [0.29, 0.717) is 24.9 Å². The molecule has 0 aliphatic heterocycles. The number of amides is 3. The van der Waals surface area contributed by atoms with E-state index in [9.17, 15) is 24.3 Å². The first-order chi connectivity index (χ1) is 18.5. The Hall–Kier alpha value is -3.88. The van der Waals surface area contributed by atoms with Crippen molar-refractivity contribution in [2.75, 3.05) is 13.1 Å². The lowest BCUT2D eigenvalue weighted by Crippen LogP contribution is -2.42. The Bertz CT molecular complexity index is 1090. The van der Waals surface area contributed by atoms with Gasteiger partial charge in [-0.3, -0.25) is 9.59 Å². The van der Waals surface area contributed by atoms with Gasteiger partial charge in [-0.15, -0.1) is 0 Å². The summed E-state index contributed by atoms with van der Waals surface area (Å²) in [5.74, 6) is -1.90. The highest BCUT2D eigenvalue weighted by Crippen LogP contribution is 2.21. The molecular weight excluding hydrogens is 498 g/mol. The van der Waals surface area contributed by atoms with Crippen LogP contribution in [0.4, 0.5) is 4.79 Å². The molecule has 0 bridgehead atoms. The maximum atomic E-state index is 12.5. The smallest absolute Gasteiger partial charge is 0.407 e. The molecule has 0 aromatic heterocycles. The molecule has 39 heavy (non-hydrogen) atoms. The Kier molecular flexibility index (Phi) is 12.5. The largest absolute Gasteiger partial charge is 0.480 e. The fraction of sp³-hybridized carbons (Fsp3) is 0.467. The van der Waals surface area contributed by atoms with Crippen molar-refractivity contribution in [3.8, 4) is 11.1 Å². The Morgan fingerprint density at radius 1 is 0.872 bits per heavy atom. The molecule has 2 aromatic rings. The van der Waals surface area contributed by atoms with Crippen molar-refractivity contribution in [1.82, 2.24) is 16.0 Å². The summed E-state index contributed by atoms with van der Waals surface area (Å²) in [4.78, 5) is 47.9. The lowest BCUT2D eigenvalue weighted by atomic mass is 10.0. The minimum absolute atomic E-state index is 0.0437. The molecule has 4 N–H and O–H groups in total. The van der Waals surface area contributed by atoms with E-state index in [1.54, 1.807) is 32.9 Å². The number of alkyl carbamates (subject to hydrolysis) is 1. The van der Waals surface area contributed by atoms with Gasteiger partial charge in [-0.25, -0.2) is 9.59 Å². The van der Waals surface area contributed by atoms with Gasteiger partial charge in [-0.1, -0.05) is 49.7 Å². The van der Waals surface area contributed by atoms with Crippen LogP contribution in [0, 0.1) is 0 Å². The molecule has 2 rings (SSSR count). The molecule has 2 aromatic carbocycles. The number of carboxylic acid groups (broad SMARTS) is 1. The van der Waals surface area contributed by atoms with E-state index in [0.717, 1.165) is 24.0 Å². The lowest BCUT2D eigenvalue weighted by Gasteiger charge is -2.19. The SMILES string of the molecule is CCCc1ccc(-c2ccc(C(=O)NCCC(=O)N[C@@H](CCCCNC(=O)OC(C)(C)C)C(=O)O)cc2)cc1. The number of carbonyl (C=O) groups is 4. The number of nitrogens with one attached hydrogen (secondary N) is 3. The van der Waals surface area contributed by atoms with E-state index in [-0.39, 0.29) is 25.3 Å². The number of hydrogen-bond donors (Lipinski definition) is 4. The molecule has 0 aliphatic rings. The van der Waals surface area contributed by atoms with Crippen molar-refractivity contribution < 1.29 is 29.0 Å². The van der Waals surface area contributed by atoms with Crippen molar-refractivity contribution in [1.29, 1.82) is 0 Å². The highest BCUT2D eigenvalue weighted by Gasteiger charge is 2.20. The average Bonchev–Trinajstić information content (AvgIpc) is 2.87. The summed E-state index contributed by atoms with van der Waals surface area (Å²) < 4.78 is 5.14. The van der Waals surface area contributed by atoms with Crippen molar-refractivity contribution in [2.24, 2.45) is 0 Å². The van der Waals surface area contributed by atoms with Crippen LogP contribution in [0.2, 0.25) is 0 Å². The van der Waals surface area contributed by atoms with Crippen LogP contribution in [0.3, 0.4) is 0 Å². The van der Waals surface area contributed by atoms with Gasteiger partial charge >= 0.3 is 12.1 Å². The number of aryl methyl sites for hydroxylation is 1. The maximum Gasteiger partial charge on any atom is 0.407 e. The Morgan fingerprint density at radius 3 is 2.05 bits per heavy atom. The Labute approximate surface area is 230 Å². The number of hydrogen-bond acceptors (Lipinski definition) is 5. The first-order valence-corrected chi connectivity index (χ1v) is 13.4. The zero-order valence-corrected chi connectivity index (χ0v) is 23.3. The van der Waals surface area contributed by atoms with E-state index >= 15 is 0 Å². The van der Waals surface area contributed by atoms with Crippen LogP contribution in [-0.4, -0.2) is 53.7 Å². The van der Waals surface area contributed by atoms with Crippen LogP contribution >= 0.6 is 0 Å². The van der Waals surface area contributed by atoms with Crippen molar-refractivity contribution >= 4 is 23.9 Å². The topological polar surface area (TPSA) is 134 Å². The van der Waals surface area contributed by atoms with Crippen molar-refractivity contribution in [3.63, 3.8) is 0 Å². The summed E-state index contributed by atoms with van der Waals surface area (Å²) in [5.41, 5.74) is 3.27. The number of rotatable bonds is 14. The van der Waals surface area contributed by atoms with E-state index in [1.165, 1.54) is 5.56 Å². The van der Waals surface area contributed by atoms with Crippen molar-refractivity contribution in [2.45, 2.75) is 77.9 Å². The zero-order chi connectivity index (χ0) is 28.8. The molecular formula is C30H41N3O6. The third kappa shape index (κ3) is 12.0. The minimum Gasteiger partial charge on any atom is -0.480 e. The zero-order valence-electron chi connectivity index (χ0n) is 23.3. The van der Waals surface area contributed by atoms with E-state index < -0.39 is 29.6 Å². The second kappa shape index (κ2) is 15.5. The van der Waals surface area contributed by atoms with Gasteiger partial charge in [-0.2, -0.15) is 0 Å². The van der Waals surface area contributed by atoms with E-state index in [4.69, 9.17) is 4.74 Å². The molecule has 0 unspecified atom stereocenters. The minimum atomic E-state index is -1.13. The van der Waals surface area contributed by atoms with Gasteiger partial charge in [0.25, 0.3) is 5.91 Å². The standard InChI is InChI=1S/C30H41N3O6/c1-5-8-21-10-12-22(13-11-21)23-14-16-24(17-15-23)27(35)31-20-18-26(34)33-25(28(36)37)9-6-7-19-32-29(38)39-30(2,3)4/h10-17,25H,5-9,18-20H2,1-4H3,(H,31,35)(H,32,38)(H,33,34)(H,36,37)/t25-/m0/s1. The molecule has 3 amide bonds. The molecule has 9 heteroatoms. The molecule has 9 nitrogen and oxygen atoms in total. The summed E-state index contributed by atoms with van der Waals surface area (Å²) in [7, 11) is 0. The van der Waals surface area contributed by atoms with Crippen LogP contribution in [0.15, 0.2) is 48.5 Å². The summed E-state index contributed by atoms with van der Waals surface area (Å²) >= 11 is 0. The van der Waals surface area contributed by atoms with Gasteiger partial charge in [0.05, 0.1) is 0 Å². The van der Waals surface area contributed by atoms with Gasteiger partial charge in [0.15, 0.2) is 0 Å².